The molecule has 0 radical (unpaired) electrons. The Hall–Kier alpha value is -2.96. The molecule has 0 N–H and O–H groups in total. The molecule has 2 atom stereocenters. The summed E-state index contributed by atoms with van der Waals surface area (Å²) in [6.07, 6.45) is 0. The molecule has 0 aromatic heterocycles. The Morgan fingerprint density at radius 3 is 2.27 bits per heavy atom. The number of nitro groups is 2. The van der Waals surface area contributed by atoms with Crippen molar-refractivity contribution in [1.82, 2.24) is 0 Å². The largest absolute Gasteiger partial charge is 0.352 e. The lowest BCUT2D eigenvalue weighted by Crippen LogP contribution is -2.02. The van der Waals surface area contributed by atoms with Crippen LogP contribution in [0, 0.1) is 20.2 Å². The smallest absolute Gasteiger partial charge is 0.299 e. The minimum absolute atomic E-state index is 0.0568. The summed E-state index contributed by atoms with van der Waals surface area (Å²) < 4.78 is 0. The summed E-state index contributed by atoms with van der Waals surface area (Å²) in [5.74, 6) is 0. The molecule has 0 spiro atoms. The molecule has 1 fully saturated rings. The molecule has 112 valence electrons. The maximum absolute atomic E-state index is 11.2. The molecular weight excluding hydrogens is 286 g/mol. The topological polar surface area (TPSA) is 89.3 Å². The average Bonchev–Trinajstić information content (AvgIpc) is 3.18. The highest BCUT2D eigenvalue weighted by molar-refractivity contribution is 5.72. The van der Waals surface area contributed by atoms with Crippen molar-refractivity contribution in [3.8, 4) is 0 Å². The molecule has 2 aromatic rings. The Kier molecular flexibility index (Phi) is 3.25. The van der Waals surface area contributed by atoms with Crippen molar-refractivity contribution in [1.29, 1.82) is 0 Å². The van der Waals surface area contributed by atoms with Gasteiger partial charge >= 0.3 is 0 Å². The molecule has 3 rings (SSSR count). The van der Waals surface area contributed by atoms with Gasteiger partial charge in [0.15, 0.2) is 0 Å². The van der Waals surface area contributed by atoms with E-state index in [0.29, 0.717) is 5.69 Å². The van der Waals surface area contributed by atoms with Gasteiger partial charge in [-0.15, -0.1) is 0 Å². The van der Waals surface area contributed by atoms with Crippen LogP contribution in [0.1, 0.15) is 18.5 Å². The minimum Gasteiger partial charge on any atom is -0.352 e. The van der Waals surface area contributed by atoms with Crippen LogP contribution < -0.4 is 4.90 Å². The van der Waals surface area contributed by atoms with Gasteiger partial charge in [-0.2, -0.15) is 0 Å². The molecular formula is C15H13N3O4. The van der Waals surface area contributed by atoms with Gasteiger partial charge in [-0.25, -0.2) is 0 Å². The summed E-state index contributed by atoms with van der Waals surface area (Å²) >= 11 is 0. The molecule has 0 bridgehead atoms. The number of hydrogen-bond donors (Lipinski definition) is 0. The molecule has 1 saturated heterocycles. The third-order valence-electron chi connectivity index (χ3n) is 3.89. The van der Waals surface area contributed by atoms with Gasteiger partial charge in [0, 0.05) is 6.07 Å². The summed E-state index contributed by atoms with van der Waals surface area (Å²) in [6.45, 7) is 1.98. The number of rotatable bonds is 4. The van der Waals surface area contributed by atoms with Gasteiger partial charge in [0.2, 0.25) is 0 Å². The van der Waals surface area contributed by atoms with Crippen LogP contribution in [0.5, 0.6) is 0 Å². The predicted molar refractivity (Wildman–Crippen MR) is 80.9 cm³/mol. The van der Waals surface area contributed by atoms with Crippen molar-refractivity contribution in [3.05, 3.63) is 74.3 Å². The Bertz CT molecular complexity index is 748. The Morgan fingerprint density at radius 2 is 1.68 bits per heavy atom. The summed E-state index contributed by atoms with van der Waals surface area (Å²) in [6, 6.07) is 13.6. The van der Waals surface area contributed by atoms with E-state index in [9.17, 15) is 20.2 Å². The average molecular weight is 299 g/mol. The van der Waals surface area contributed by atoms with E-state index in [2.05, 4.69) is 0 Å². The summed E-state index contributed by atoms with van der Waals surface area (Å²) in [4.78, 5) is 22.7. The molecule has 0 saturated carbocycles. The second-order valence-corrected chi connectivity index (χ2v) is 5.19. The van der Waals surface area contributed by atoms with Gasteiger partial charge in [0.05, 0.1) is 28.0 Å². The van der Waals surface area contributed by atoms with Crippen molar-refractivity contribution in [2.45, 2.75) is 19.0 Å². The van der Waals surface area contributed by atoms with E-state index in [1.165, 1.54) is 12.1 Å². The number of nitrogens with zero attached hydrogens (tertiary/aromatic N) is 3. The molecule has 7 nitrogen and oxygen atoms in total. The van der Waals surface area contributed by atoms with E-state index in [1.807, 2.05) is 42.2 Å². The van der Waals surface area contributed by atoms with Crippen molar-refractivity contribution >= 4 is 17.1 Å². The first kappa shape index (κ1) is 14.0. The normalized spacial score (nSPS) is 19.8. The molecule has 22 heavy (non-hydrogen) atoms. The van der Waals surface area contributed by atoms with Crippen LogP contribution in [0.2, 0.25) is 0 Å². The lowest BCUT2D eigenvalue weighted by atomic mass is 10.1. The van der Waals surface area contributed by atoms with E-state index >= 15 is 0 Å². The highest BCUT2D eigenvalue weighted by Crippen LogP contribution is 2.50. The number of nitro benzene ring substituents is 2. The standard InChI is InChI=1S/C15H13N3O4/c1-10-15(11-5-3-2-4-6-11)16(10)13-8-7-12(17(19)20)9-14(13)18(21)22/h2-10,15H,1H3/t10-,15-,16?/m1/s1. The highest BCUT2D eigenvalue weighted by Gasteiger charge is 2.47. The highest BCUT2D eigenvalue weighted by atomic mass is 16.6. The summed E-state index contributed by atoms with van der Waals surface area (Å²) in [5, 5.41) is 22.0. The fourth-order valence-electron chi connectivity index (χ4n) is 2.80. The van der Waals surface area contributed by atoms with Crippen molar-refractivity contribution in [3.63, 3.8) is 0 Å². The van der Waals surface area contributed by atoms with Crippen molar-refractivity contribution in [2.24, 2.45) is 0 Å². The van der Waals surface area contributed by atoms with Crippen LogP contribution in [0.3, 0.4) is 0 Å². The Labute approximate surface area is 126 Å². The fraction of sp³-hybridized carbons (Fsp3) is 0.200. The number of hydrogen-bond acceptors (Lipinski definition) is 5. The quantitative estimate of drug-likeness (QED) is 0.490. The first-order chi connectivity index (χ1) is 10.5. The number of non-ortho nitro benzene ring substituents is 1. The molecule has 2 aromatic carbocycles. The van der Waals surface area contributed by atoms with Gasteiger partial charge in [-0.1, -0.05) is 30.3 Å². The van der Waals surface area contributed by atoms with Gasteiger partial charge in [-0.3, -0.25) is 20.2 Å². The van der Waals surface area contributed by atoms with E-state index in [4.69, 9.17) is 0 Å². The van der Waals surface area contributed by atoms with E-state index in [0.717, 1.165) is 11.6 Å². The fourth-order valence-corrected chi connectivity index (χ4v) is 2.80. The molecule has 0 amide bonds. The monoisotopic (exact) mass is 299 g/mol. The maximum atomic E-state index is 11.2. The number of benzene rings is 2. The lowest BCUT2D eigenvalue weighted by molar-refractivity contribution is -0.393. The zero-order chi connectivity index (χ0) is 15.9. The molecule has 1 heterocycles. The second kappa shape index (κ2) is 5.10. The van der Waals surface area contributed by atoms with Gasteiger partial charge in [0.25, 0.3) is 11.4 Å². The van der Waals surface area contributed by atoms with Crippen LogP contribution in [0.4, 0.5) is 17.1 Å². The van der Waals surface area contributed by atoms with Crippen LogP contribution in [0.15, 0.2) is 48.5 Å². The van der Waals surface area contributed by atoms with Gasteiger partial charge in [-0.05, 0) is 18.6 Å². The number of anilines is 1. The van der Waals surface area contributed by atoms with Crippen LogP contribution in [-0.2, 0) is 0 Å². The molecule has 0 aliphatic carbocycles. The Morgan fingerprint density at radius 1 is 1.00 bits per heavy atom. The van der Waals surface area contributed by atoms with Crippen LogP contribution >= 0.6 is 0 Å². The molecule has 1 aliphatic rings. The predicted octanol–water partition coefficient (Wildman–Crippen LogP) is 3.45. The van der Waals surface area contributed by atoms with Crippen molar-refractivity contribution in [2.75, 3.05) is 4.90 Å². The SMILES string of the molecule is C[C@@H]1[C@H](c2ccccc2)N1c1ccc([N+](=O)[O-])cc1[N+](=O)[O-]. The second-order valence-electron chi connectivity index (χ2n) is 5.19. The maximum Gasteiger partial charge on any atom is 0.299 e. The third kappa shape index (κ3) is 2.26. The minimum atomic E-state index is -0.628. The first-order valence-corrected chi connectivity index (χ1v) is 6.77. The summed E-state index contributed by atoms with van der Waals surface area (Å²) in [5.41, 5.74) is 0.972. The lowest BCUT2D eigenvalue weighted by Gasteiger charge is -2.07. The zero-order valence-electron chi connectivity index (χ0n) is 11.7. The van der Waals surface area contributed by atoms with E-state index in [-0.39, 0.29) is 23.5 Å². The molecule has 1 aliphatic heterocycles. The third-order valence-corrected chi connectivity index (χ3v) is 3.89. The van der Waals surface area contributed by atoms with Crippen LogP contribution in [0.25, 0.3) is 0 Å². The zero-order valence-corrected chi connectivity index (χ0v) is 11.7. The van der Waals surface area contributed by atoms with E-state index in [1.54, 1.807) is 0 Å². The molecule has 7 heteroatoms. The molecule has 0 unspecified atom stereocenters. The Balaban J connectivity index is 1.99. The van der Waals surface area contributed by atoms with E-state index < -0.39 is 9.85 Å². The van der Waals surface area contributed by atoms with Gasteiger partial charge < -0.3 is 4.90 Å². The van der Waals surface area contributed by atoms with Crippen LogP contribution in [-0.4, -0.2) is 15.9 Å². The first-order valence-electron chi connectivity index (χ1n) is 6.77. The summed E-state index contributed by atoms with van der Waals surface area (Å²) in [7, 11) is 0. The van der Waals surface area contributed by atoms with Gasteiger partial charge in [0.1, 0.15) is 5.69 Å². The van der Waals surface area contributed by atoms with Crippen molar-refractivity contribution < 1.29 is 9.85 Å².